The molecule has 0 unspecified atom stereocenters. The Kier molecular flexibility index (Phi) is 3.94. The molecule has 2 aromatic carbocycles. The molecule has 132 valence electrons. The van der Waals surface area contributed by atoms with Crippen molar-refractivity contribution < 1.29 is 9.72 Å². The van der Waals surface area contributed by atoms with Gasteiger partial charge in [-0.25, -0.2) is 15.8 Å². The number of carbonyl (C=O) groups is 1. The lowest BCUT2D eigenvalue weighted by Gasteiger charge is -2.20. The van der Waals surface area contributed by atoms with Crippen molar-refractivity contribution in [3.05, 3.63) is 76.6 Å². The molecule has 2 heterocycles. The first-order chi connectivity index (χ1) is 13.1. The number of hydrogen-bond donors (Lipinski definition) is 1. The third-order valence-electron chi connectivity index (χ3n) is 4.29. The highest BCUT2D eigenvalue weighted by Crippen LogP contribution is 2.34. The van der Waals surface area contributed by atoms with Crippen LogP contribution in [0.25, 0.3) is 21.7 Å². The minimum atomic E-state index is -0.520. The lowest BCUT2D eigenvalue weighted by atomic mass is 10.0. The molecule has 8 nitrogen and oxygen atoms in total. The third kappa shape index (κ3) is 2.74. The molecule has 4 rings (SSSR count). The molecule has 27 heavy (non-hydrogen) atoms. The van der Waals surface area contributed by atoms with Gasteiger partial charge in [-0.3, -0.25) is 19.9 Å². The van der Waals surface area contributed by atoms with E-state index in [-0.39, 0.29) is 5.69 Å². The molecule has 0 atom stereocenters. The van der Waals surface area contributed by atoms with Crippen LogP contribution < -0.4 is 10.9 Å². The van der Waals surface area contributed by atoms with Crippen molar-refractivity contribution in [3.63, 3.8) is 0 Å². The molecule has 0 bridgehead atoms. The molecule has 0 radical (unpaired) electrons. The van der Waals surface area contributed by atoms with Crippen LogP contribution in [0.5, 0.6) is 0 Å². The van der Waals surface area contributed by atoms with Crippen molar-refractivity contribution in [2.45, 2.75) is 0 Å². The summed E-state index contributed by atoms with van der Waals surface area (Å²) < 4.78 is 0. The van der Waals surface area contributed by atoms with Crippen LogP contribution in [0.15, 0.2) is 60.8 Å². The van der Waals surface area contributed by atoms with E-state index in [1.807, 2.05) is 24.3 Å². The summed E-state index contributed by atoms with van der Waals surface area (Å²) in [5.41, 5.74) is 1.47. The Balaban J connectivity index is 1.95. The molecule has 0 aliphatic heterocycles. The summed E-state index contributed by atoms with van der Waals surface area (Å²) in [6.45, 7) is 0. The fourth-order valence-electron chi connectivity index (χ4n) is 3.05. The molecule has 0 aliphatic carbocycles. The molecule has 4 aromatic rings. The first-order valence-electron chi connectivity index (χ1n) is 8.02. The van der Waals surface area contributed by atoms with Gasteiger partial charge in [0.05, 0.1) is 16.1 Å². The molecular weight excluding hydrogens is 346 g/mol. The van der Waals surface area contributed by atoms with Crippen molar-refractivity contribution in [3.8, 4) is 0 Å². The minimum absolute atomic E-state index is 0.118. The summed E-state index contributed by atoms with van der Waals surface area (Å²) in [7, 11) is 0. The van der Waals surface area contributed by atoms with E-state index in [4.69, 9.17) is 5.84 Å². The minimum Gasteiger partial charge on any atom is -0.296 e. The fourth-order valence-corrected chi connectivity index (χ4v) is 3.05. The SMILES string of the molecule is NN(c1ccc([N+](=O)[O-])cn1)c1cccc2nc(C=O)c3ccccc3c12. The van der Waals surface area contributed by atoms with Crippen LogP contribution in [0, 0.1) is 10.1 Å². The van der Waals surface area contributed by atoms with Crippen LogP contribution in [0.1, 0.15) is 10.5 Å². The number of rotatable bonds is 4. The Labute approximate surface area is 153 Å². The van der Waals surface area contributed by atoms with E-state index in [9.17, 15) is 14.9 Å². The number of nitrogens with zero attached hydrogens (tertiary/aromatic N) is 4. The van der Waals surface area contributed by atoms with Gasteiger partial charge in [0.25, 0.3) is 5.69 Å². The quantitative estimate of drug-likeness (QED) is 0.195. The number of hydrogen-bond acceptors (Lipinski definition) is 7. The topological polar surface area (TPSA) is 115 Å². The molecule has 2 aromatic heterocycles. The van der Waals surface area contributed by atoms with Crippen molar-refractivity contribution in [1.82, 2.24) is 9.97 Å². The lowest BCUT2D eigenvalue weighted by molar-refractivity contribution is -0.385. The van der Waals surface area contributed by atoms with Gasteiger partial charge in [-0.05, 0) is 23.6 Å². The Morgan fingerprint density at radius 1 is 1.04 bits per heavy atom. The summed E-state index contributed by atoms with van der Waals surface area (Å²) in [6.07, 6.45) is 1.88. The maximum atomic E-state index is 11.4. The van der Waals surface area contributed by atoms with Gasteiger partial charge in [0.1, 0.15) is 17.7 Å². The van der Waals surface area contributed by atoms with Gasteiger partial charge in [0.2, 0.25) is 0 Å². The van der Waals surface area contributed by atoms with E-state index >= 15 is 0 Å². The number of anilines is 2. The van der Waals surface area contributed by atoms with E-state index in [0.717, 1.165) is 28.6 Å². The van der Waals surface area contributed by atoms with Crippen molar-refractivity contribution in [1.29, 1.82) is 0 Å². The molecule has 0 saturated carbocycles. The number of hydrazine groups is 1. The third-order valence-corrected chi connectivity index (χ3v) is 4.29. The Morgan fingerprint density at radius 2 is 1.81 bits per heavy atom. The zero-order valence-corrected chi connectivity index (χ0v) is 13.9. The fraction of sp³-hybridized carbons (Fsp3) is 0. The number of nitrogens with two attached hydrogens (primary N) is 1. The Bertz CT molecular complexity index is 1190. The molecule has 0 amide bonds. The summed E-state index contributed by atoms with van der Waals surface area (Å²) in [4.78, 5) is 30.2. The normalized spacial score (nSPS) is 10.9. The number of carbonyl (C=O) groups excluding carboxylic acids is 1. The van der Waals surface area contributed by atoms with Gasteiger partial charge >= 0.3 is 0 Å². The largest absolute Gasteiger partial charge is 0.296 e. The predicted molar refractivity (Wildman–Crippen MR) is 102 cm³/mol. The summed E-state index contributed by atoms with van der Waals surface area (Å²) in [5.74, 6) is 6.62. The highest BCUT2D eigenvalue weighted by Gasteiger charge is 2.16. The van der Waals surface area contributed by atoms with Gasteiger partial charge in [-0.2, -0.15) is 0 Å². The highest BCUT2D eigenvalue weighted by molar-refractivity contribution is 6.15. The molecule has 8 heteroatoms. The van der Waals surface area contributed by atoms with Crippen LogP contribution in [0.2, 0.25) is 0 Å². The van der Waals surface area contributed by atoms with Gasteiger partial charge in [-0.1, -0.05) is 30.3 Å². The second-order valence-electron chi connectivity index (χ2n) is 5.83. The smallest absolute Gasteiger partial charge is 0.287 e. The number of benzene rings is 2. The number of nitro groups is 1. The van der Waals surface area contributed by atoms with Crippen LogP contribution >= 0.6 is 0 Å². The van der Waals surface area contributed by atoms with Crippen LogP contribution in [0.3, 0.4) is 0 Å². The zero-order valence-electron chi connectivity index (χ0n) is 13.9. The second-order valence-corrected chi connectivity index (χ2v) is 5.83. The lowest BCUT2D eigenvalue weighted by Crippen LogP contribution is -2.26. The first-order valence-corrected chi connectivity index (χ1v) is 8.02. The van der Waals surface area contributed by atoms with E-state index in [1.54, 1.807) is 18.2 Å². The Hall–Kier alpha value is -3.91. The molecule has 2 N–H and O–H groups in total. The maximum Gasteiger partial charge on any atom is 0.287 e. The number of pyridine rings is 2. The van der Waals surface area contributed by atoms with E-state index in [1.165, 1.54) is 17.1 Å². The number of aromatic nitrogens is 2. The average Bonchev–Trinajstić information content (AvgIpc) is 2.72. The van der Waals surface area contributed by atoms with E-state index < -0.39 is 4.92 Å². The van der Waals surface area contributed by atoms with E-state index in [2.05, 4.69) is 9.97 Å². The molecule has 0 fully saturated rings. The Morgan fingerprint density at radius 3 is 2.48 bits per heavy atom. The molecule has 0 aliphatic rings. The van der Waals surface area contributed by atoms with Gasteiger partial charge in [0.15, 0.2) is 6.29 Å². The van der Waals surface area contributed by atoms with Crippen molar-refractivity contribution >= 4 is 45.2 Å². The standard InChI is InChI=1S/C19H13N5O3/c20-23(18-9-8-12(10-21-18)24(26)27)17-7-3-6-15-19(17)14-5-2-1-4-13(14)16(11-25)22-15/h1-11H,20H2. The monoisotopic (exact) mass is 359 g/mol. The van der Waals surface area contributed by atoms with Gasteiger partial charge in [0, 0.05) is 16.8 Å². The number of aldehydes is 1. The van der Waals surface area contributed by atoms with Gasteiger partial charge in [-0.15, -0.1) is 0 Å². The van der Waals surface area contributed by atoms with Crippen LogP contribution in [-0.2, 0) is 0 Å². The first kappa shape index (κ1) is 16.6. The van der Waals surface area contributed by atoms with Crippen LogP contribution in [0.4, 0.5) is 17.2 Å². The van der Waals surface area contributed by atoms with Crippen molar-refractivity contribution in [2.24, 2.45) is 5.84 Å². The van der Waals surface area contributed by atoms with Crippen molar-refractivity contribution in [2.75, 3.05) is 5.01 Å². The average molecular weight is 359 g/mol. The molecule has 0 spiro atoms. The summed E-state index contributed by atoms with van der Waals surface area (Å²) in [6, 6.07) is 15.6. The molecular formula is C19H13N5O3. The van der Waals surface area contributed by atoms with Gasteiger partial charge < -0.3 is 0 Å². The predicted octanol–water partition coefficient (Wildman–Crippen LogP) is 3.52. The van der Waals surface area contributed by atoms with Crippen LogP contribution in [-0.4, -0.2) is 21.2 Å². The number of fused-ring (bicyclic) bond motifs is 3. The summed E-state index contributed by atoms with van der Waals surface area (Å²) >= 11 is 0. The van der Waals surface area contributed by atoms with E-state index in [0.29, 0.717) is 22.7 Å². The summed E-state index contributed by atoms with van der Waals surface area (Å²) in [5, 5.41) is 14.5. The highest BCUT2D eigenvalue weighted by atomic mass is 16.6. The maximum absolute atomic E-state index is 11.4. The zero-order chi connectivity index (χ0) is 19.0. The molecule has 0 saturated heterocycles. The second kappa shape index (κ2) is 6.43.